The molecule has 4 aliphatic heterocycles. The summed E-state index contributed by atoms with van der Waals surface area (Å²) >= 11 is 0. The minimum Gasteiger partial charge on any atom is -0.394 e. The lowest BCUT2D eigenvalue weighted by molar-refractivity contribution is -0.401. The molecule has 11 N–H and O–H groups in total. The molecule has 49 heavy (non-hydrogen) atoms. The SMILES string of the molecule is CCCO[C@@H]1OC(C)[C@H](O)C(O)[C@@H]1O[C@@H]1OC(C)[C@H](O)C(O[C@H]2O[C@@H](CO)[C@@H](O)C(O)C2O)[C@@H]1O[C@@H]1OC(CO)[C@@H](O)C(O)[C@@H]1NC(C)=O. The maximum atomic E-state index is 12.1. The van der Waals surface area contributed by atoms with Crippen LogP contribution >= 0.6 is 0 Å². The van der Waals surface area contributed by atoms with Gasteiger partial charge in [0, 0.05) is 13.5 Å². The lowest BCUT2D eigenvalue weighted by Crippen LogP contribution is -2.69. The summed E-state index contributed by atoms with van der Waals surface area (Å²) in [7, 11) is 0. The molecule has 0 aromatic carbocycles. The first kappa shape index (κ1) is 40.5. The number of aliphatic hydroxyl groups is 10. The van der Waals surface area contributed by atoms with Crippen molar-refractivity contribution in [2.75, 3.05) is 19.8 Å². The molecule has 20 nitrogen and oxygen atoms in total. The summed E-state index contributed by atoms with van der Waals surface area (Å²) in [6.45, 7) is 4.45. The number of hydrogen-bond donors (Lipinski definition) is 11. The van der Waals surface area contributed by atoms with Crippen LogP contribution in [0.1, 0.15) is 34.1 Å². The Labute approximate surface area is 281 Å². The highest BCUT2D eigenvalue weighted by Gasteiger charge is 2.56. The largest absolute Gasteiger partial charge is 0.394 e. The molecule has 0 spiro atoms. The van der Waals surface area contributed by atoms with Crippen molar-refractivity contribution >= 4 is 5.91 Å². The fourth-order valence-corrected chi connectivity index (χ4v) is 6.14. The van der Waals surface area contributed by atoms with Gasteiger partial charge in [-0.25, -0.2) is 0 Å². The second-order valence-corrected chi connectivity index (χ2v) is 12.7. The van der Waals surface area contributed by atoms with E-state index in [9.17, 15) is 55.9 Å². The number of hydrogen-bond acceptors (Lipinski definition) is 19. The zero-order chi connectivity index (χ0) is 36.3. The van der Waals surface area contributed by atoms with Crippen LogP contribution in [0.3, 0.4) is 0 Å². The van der Waals surface area contributed by atoms with Crippen molar-refractivity contribution in [1.29, 1.82) is 0 Å². The lowest BCUT2D eigenvalue weighted by Gasteiger charge is -2.50. The molecule has 8 unspecified atom stereocenters. The van der Waals surface area contributed by atoms with E-state index in [1.807, 2.05) is 6.92 Å². The molecule has 20 heteroatoms. The molecule has 0 aliphatic carbocycles. The highest BCUT2D eigenvalue weighted by molar-refractivity contribution is 5.73. The van der Waals surface area contributed by atoms with E-state index in [0.717, 1.165) is 6.92 Å². The molecule has 4 aliphatic rings. The molecule has 1 amide bonds. The van der Waals surface area contributed by atoms with Crippen molar-refractivity contribution in [3.63, 3.8) is 0 Å². The first-order valence-corrected chi connectivity index (χ1v) is 16.3. The molecule has 0 aromatic rings. The Morgan fingerprint density at radius 2 is 1.12 bits per heavy atom. The average molecular weight is 718 g/mol. The third-order valence-corrected chi connectivity index (χ3v) is 9.00. The molecule has 4 rings (SSSR count). The third-order valence-electron chi connectivity index (χ3n) is 9.00. The molecule has 4 fully saturated rings. The molecule has 4 heterocycles. The summed E-state index contributed by atoms with van der Waals surface area (Å²) in [5, 5.41) is 108. The number of nitrogens with one attached hydrogen (secondary N) is 1. The third kappa shape index (κ3) is 8.87. The van der Waals surface area contributed by atoms with Crippen LogP contribution in [-0.4, -0.2) is 200 Å². The van der Waals surface area contributed by atoms with Gasteiger partial charge in [0.25, 0.3) is 0 Å². The lowest BCUT2D eigenvalue weighted by atomic mass is 9.95. The van der Waals surface area contributed by atoms with Gasteiger partial charge in [-0.05, 0) is 20.3 Å². The first-order chi connectivity index (χ1) is 23.1. The number of ether oxygens (including phenoxy) is 8. The predicted octanol–water partition coefficient (Wildman–Crippen LogP) is -6.12. The molecule has 0 aromatic heterocycles. The Balaban J connectivity index is 1.73. The summed E-state index contributed by atoms with van der Waals surface area (Å²) in [5.74, 6) is -0.673. The maximum Gasteiger partial charge on any atom is 0.217 e. The van der Waals surface area contributed by atoms with Gasteiger partial charge in [0.05, 0.1) is 25.4 Å². The van der Waals surface area contributed by atoms with Gasteiger partial charge in [0.15, 0.2) is 25.2 Å². The van der Waals surface area contributed by atoms with Crippen LogP contribution in [0.25, 0.3) is 0 Å². The summed E-state index contributed by atoms with van der Waals surface area (Å²) in [6, 6.07) is -1.49. The summed E-state index contributed by atoms with van der Waals surface area (Å²) in [5.41, 5.74) is 0. The van der Waals surface area contributed by atoms with E-state index >= 15 is 0 Å². The number of carbonyl (C=O) groups is 1. The van der Waals surface area contributed by atoms with Crippen LogP contribution in [0.5, 0.6) is 0 Å². The van der Waals surface area contributed by atoms with Crippen molar-refractivity contribution in [2.24, 2.45) is 0 Å². The van der Waals surface area contributed by atoms with Crippen molar-refractivity contribution < 1.29 is 93.8 Å². The Kier molecular flexibility index (Phi) is 14.5. The van der Waals surface area contributed by atoms with E-state index in [-0.39, 0.29) is 6.61 Å². The fourth-order valence-electron chi connectivity index (χ4n) is 6.14. The van der Waals surface area contributed by atoms with Gasteiger partial charge >= 0.3 is 0 Å². The molecule has 0 bridgehead atoms. The van der Waals surface area contributed by atoms with Gasteiger partial charge in [-0.2, -0.15) is 0 Å². The zero-order valence-electron chi connectivity index (χ0n) is 27.5. The standard InChI is InChI=1S/C29H51NO19/c1-5-6-42-28-24(21(40)15(34)9(2)43-28)48-29-25(49-26-14(30-11(4)33)19(38)17(36)12(7-31)45-26)23(16(35)10(3)44-29)47-27-22(41)20(39)18(37)13(8-32)46-27/h9-10,12-29,31-32,34-41H,5-8H2,1-4H3,(H,30,33)/t9?,10?,12?,13-,14-,15-,16-,17+,18+,19?,20?,21?,22?,23?,24-,25-,26-,27+,28+,29-/m0/s1. The van der Waals surface area contributed by atoms with Gasteiger partial charge < -0.3 is 94.3 Å². The van der Waals surface area contributed by atoms with Crippen molar-refractivity contribution in [2.45, 2.75) is 157 Å². The summed E-state index contributed by atoms with van der Waals surface area (Å²) in [4.78, 5) is 12.1. The van der Waals surface area contributed by atoms with Crippen LogP contribution in [0.2, 0.25) is 0 Å². The van der Waals surface area contributed by atoms with Crippen molar-refractivity contribution in [1.82, 2.24) is 5.32 Å². The molecule has 20 atom stereocenters. The first-order valence-electron chi connectivity index (χ1n) is 16.3. The fraction of sp³-hybridized carbons (Fsp3) is 0.966. The topological polar surface area (TPSA) is 305 Å². The minimum atomic E-state index is -1.92. The zero-order valence-corrected chi connectivity index (χ0v) is 27.5. The predicted molar refractivity (Wildman–Crippen MR) is 157 cm³/mol. The average Bonchev–Trinajstić information content (AvgIpc) is 3.07. The van der Waals surface area contributed by atoms with Crippen LogP contribution < -0.4 is 5.32 Å². The second kappa shape index (κ2) is 17.5. The Morgan fingerprint density at radius 3 is 1.71 bits per heavy atom. The Bertz CT molecular complexity index is 1040. The van der Waals surface area contributed by atoms with Crippen LogP contribution in [0.15, 0.2) is 0 Å². The van der Waals surface area contributed by atoms with E-state index in [1.54, 1.807) is 0 Å². The van der Waals surface area contributed by atoms with E-state index < -0.39 is 142 Å². The Hall–Kier alpha value is -1.25. The van der Waals surface area contributed by atoms with Crippen molar-refractivity contribution in [3.05, 3.63) is 0 Å². The Morgan fingerprint density at radius 1 is 0.592 bits per heavy atom. The van der Waals surface area contributed by atoms with Gasteiger partial charge in [-0.1, -0.05) is 6.92 Å². The minimum absolute atomic E-state index is 0.167. The normalized spacial score (nSPS) is 49.4. The van der Waals surface area contributed by atoms with Crippen LogP contribution in [0, 0.1) is 0 Å². The van der Waals surface area contributed by atoms with Crippen LogP contribution in [0.4, 0.5) is 0 Å². The van der Waals surface area contributed by atoms with Gasteiger partial charge in [-0.15, -0.1) is 0 Å². The number of rotatable bonds is 12. The molecule has 286 valence electrons. The second-order valence-electron chi connectivity index (χ2n) is 12.7. The number of carbonyl (C=O) groups excluding carboxylic acids is 1. The van der Waals surface area contributed by atoms with E-state index in [2.05, 4.69) is 5.32 Å². The van der Waals surface area contributed by atoms with E-state index in [0.29, 0.717) is 6.42 Å². The number of amides is 1. The number of aliphatic hydroxyl groups excluding tert-OH is 10. The molecule has 0 saturated carbocycles. The smallest absolute Gasteiger partial charge is 0.217 e. The van der Waals surface area contributed by atoms with Crippen molar-refractivity contribution in [3.8, 4) is 0 Å². The quantitative estimate of drug-likeness (QED) is 0.0895. The van der Waals surface area contributed by atoms with Gasteiger partial charge in [0.1, 0.15) is 85.4 Å². The summed E-state index contributed by atoms with van der Waals surface area (Å²) in [6.07, 6.45) is -29.3. The monoisotopic (exact) mass is 717 g/mol. The molecule has 4 saturated heterocycles. The van der Waals surface area contributed by atoms with Gasteiger partial charge in [0.2, 0.25) is 5.91 Å². The van der Waals surface area contributed by atoms with E-state index in [1.165, 1.54) is 13.8 Å². The molecular formula is C29H51NO19. The highest BCUT2D eigenvalue weighted by Crippen LogP contribution is 2.36. The highest BCUT2D eigenvalue weighted by atomic mass is 16.8. The molecule has 0 radical (unpaired) electrons. The summed E-state index contributed by atoms with van der Waals surface area (Å²) < 4.78 is 47.0. The van der Waals surface area contributed by atoms with E-state index in [4.69, 9.17) is 37.9 Å². The maximum absolute atomic E-state index is 12.1. The van der Waals surface area contributed by atoms with Gasteiger partial charge in [-0.3, -0.25) is 4.79 Å². The van der Waals surface area contributed by atoms with Crippen LogP contribution in [-0.2, 0) is 42.7 Å². The molecular weight excluding hydrogens is 666 g/mol.